The molecule has 2 heterocycles. The topological polar surface area (TPSA) is 93.8 Å². The molecule has 0 saturated heterocycles. The van der Waals surface area contributed by atoms with E-state index in [1.807, 2.05) is 51.1 Å². The van der Waals surface area contributed by atoms with Gasteiger partial charge in [-0.3, -0.25) is 4.79 Å². The molecule has 7 nitrogen and oxygen atoms in total. The third-order valence-electron chi connectivity index (χ3n) is 3.36. The molecule has 0 unspecified atom stereocenters. The Morgan fingerprint density at radius 3 is 2.59 bits per heavy atom. The van der Waals surface area contributed by atoms with Crippen LogP contribution in [0.15, 0.2) is 45.1 Å². The number of nitrogens with one attached hydrogen (secondary N) is 1. The summed E-state index contributed by atoms with van der Waals surface area (Å²) in [5.41, 5.74) is 3.71. The molecule has 1 amide bonds. The summed E-state index contributed by atoms with van der Waals surface area (Å²) in [6.45, 7) is 5.84. The van der Waals surface area contributed by atoms with E-state index in [1.54, 1.807) is 0 Å². The van der Waals surface area contributed by atoms with Crippen molar-refractivity contribution in [1.82, 2.24) is 20.2 Å². The second-order valence-electron chi connectivity index (χ2n) is 5.89. The third kappa shape index (κ3) is 6.07. The van der Waals surface area contributed by atoms with Gasteiger partial charge in [-0.25, -0.2) is 9.97 Å². The molecule has 2 aromatic heterocycles. The molecular formula is C18H19N5O2S2. The van der Waals surface area contributed by atoms with E-state index in [0.29, 0.717) is 22.0 Å². The van der Waals surface area contributed by atoms with Crippen LogP contribution >= 0.6 is 23.5 Å². The van der Waals surface area contributed by atoms with Gasteiger partial charge in [-0.2, -0.15) is 0 Å². The number of aryl methyl sites for hydroxylation is 3. The number of thioether (sulfide) groups is 2. The number of hydrogen-bond donors (Lipinski definition) is 1. The quantitative estimate of drug-likeness (QED) is 0.472. The summed E-state index contributed by atoms with van der Waals surface area (Å²) in [6.07, 6.45) is 0. The highest BCUT2D eigenvalue weighted by Crippen LogP contribution is 2.22. The summed E-state index contributed by atoms with van der Waals surface area (Å²) in [7, 11) is 0. The van der Waals surface area contributed by atoms with E-state index in [9.17, 15) is 4.79 Å². The van der Waals surface area contributed by atoms with Gasteiger partial charge < -0.3 is 9.73 Å². The first-order chi connectivity index (χ1) is 13.0. The van der Waals surface area contributed by atoms with Gasteiger partial charge in [0.15, 0.2) is 5.16 Å². The average molecular weight is 402 g/mol. The van der Waals surface area contributed by atoms with Crippen molar-refractivity contribution in [2.45, 2.75) is 36.9 Å². The lowest BCUT2D eigenvalue weighted by Gasteiger charge is -2.04. The second kappa shape index (κ2) is 9.01. The van der Waals surface area contributed by atoms with Gasteiger partial charge in [-0.1, -0.05) is 35.7 Å². The third-order valence-corrected chi connectivity index (χ3v) is 5.01. The van der Waals surface area contributed by atoms with E-state index in [4.69, 9.17) is 4.42 Å². The molecule has 0 fully saturated rings. The van der Waals surface area contributed by atoms with Gasteiger partial charge >= 0.3 is 0 Å². The molecule has 1 N–H and O–H groups in total. The van der Waals surface area contributed by atoms with Crippen LogP contribution in [-0.2, 0) is 10.5 Å². The first-order valence-corrected chi connectivity index (χ1v) is 10.2. The SMILES string of the molecule is Cc1cccc(NC(=O)CSc2nnc(CSc3nc(C)cc(C)n3)o2)c1. The molecule has 0 atom stereocenters. The molecule has 0 aliphatic rings. The minimum atomic E-state index is -0.122. The lowest BCUT2D eigenvalue weighted by Crippen LogP contribution is -2.13. The Kier molecular flexibility index (Phi) is 6.46. The lowest BCUT2D eigenvalue weighted by molar-refractivity contribution is -0.113. The Bertz CT molecular complexity index is 925. The zero-order valence-corrected chi connectivity index (χ0v) is 16.9. The number of carbonyl (C=O) groups is 1. The minimum absolute atomic E-state index is 0.122. The van der Waals surface area contributed by atoms with Gasteiger partial charge in [0.1, 0.15) is 0 Å². The lowest BCUT2D eigenvalue weighted by atomic mass is 10.2. The Hall–Kier alpha value is -2.39. The van der Waals surface area contributed by atoms with Crippen LogP contribution in [0.5, 0.6) is 0 Å². The highest BCUT2D eigenvalue weighted by Gasteiger charge is 2.11. The highest BCUT2D eigenvalue weighted by molar-refractivity contribution is 7.99. The first kappa shape index (κ1) is 19.4. The zero-order chi connectivity index (χ0) is 19.2. The van der Waals surface area contributed by atoms with Crippen LogP contribution in [0.3, 0.4) is 0 Å². The molecular weight excluding hydrogens is 382 g/mol. The van der Waals surface area contributed by atoms with Crippen molar-refractivity contribution in [2.75, 3.05) is 11.1 Å². The fourth-order valence-corrected chi connectivity index (χ4v) is 3.65. The van der Waals surface area contributed by atoms with Crippen LogP contribution in [0.4, 0.5) is 5.69 Å². The van der Waals surface area contributed by atoms with Gasteiger partial charge in [0, 0.05) is 17.1 Å². The summed E-state index contributed by atoms with van der Waals surface area (Å²) < 4.78 is 5.57. The van der Waals surface area contributed by atoms with E-state index in [0.717, 1.165) is 22.6 Å². The van der Waals surface area contributed by atoms with E-state index >= 15 is 0 Å². The Morgan fingerprint density at radius 2 is 1.85 bits per heavy atom. The van der Waals surface area contributed by atoms with Crippen molar-refractivity contribution >= 4 is 35.1 Å². The van der Waals surface area contributed by atoms with Crippen molar-refractivity contribution in [3.8, 4) is 0 Å². The number of benzene rings is 1. The molecule has 140 valence electrons. The van der Waals surface area contributed by atoms with Crippen molar-refractivity contribution in [1.29, 1.82) is 0 Å². The molecule has 27 heavy (non-hydrogen) atoms. The Balaban J connectivity index is 1.48. The fourth-order valence-electron chi connectivity index (χ4n) is 2.29. The standard InChI is InChI=1S/C18H19N5O2S2/c1-11-5-4-6-14(7-11)21-15(24)9-27-18-23-22-16(25-18)10-26-17-19-12(2)8-13(3)20-17/h4-8H,9-10H2,1-3H3,(H,21,24). The van der Waals surface area contributed by atoms with Crippen molar-refractivity contribution in [3.63, 3.8) is 0 Å². The summed E-state index contributed by atoms with van der Waals surface area (Å²) >= 11 is 2.64. The van der Waals surface area contributed by atoms with Crippen molar-refractivity contribution in [2.24, 2.45) is 0 Å². The van der Waals surface area contributed by atoms with E-state index < -0.39 is 0 Å². The number of carbonyl (C=O) groups excluding carboxylic acids is 1. The second-order valence-corrected chi connectivity index (χ2v) is 7.76. The largest absolute Gasteiger partial charge is 0.415 e. The molecule has 1 aromatic carbocycles. The number of hydrogen-bond acceptors (Lipinski definition) is 8. The molecule has 3 rings (SSSR count). The number of amides is 1. The van der Waals surface area contributed by atoms with Crippen LogP contribution in [0.2, 0.25) is 0 Å². The average Bonchev–Trinajstić information content (AvgIpc) is 3.05. The molecule has 0 bridgehead atoms. The van der Waals surface area contributed by atoms with E-state index in [2.05, 4.69) is 25.5 Å². The minimum Gasteiger partial charge on any atom is -0.415 e. The summed E-state index contributed by atoms with van der Waals surface area (Å²) in [6, 6.07) is 9.57. The van der Waals surface area contributed by atoms with Crippen molar-refractivity contribution in [3.05, 3.63) is 53.2 Å². The summed E-state index contributed by atoms with van der Waals surface area (Å²) in [5.74, 6) is 1.03. The van der Waals surface area contributed by atoms with Gasteiger partial charge in [0.2, 0.25) is 11.8 Å². The van der Waals surface area contributed by atoms with E-state index in [-0.39, 0.29) is 11.7 Å². The van der Waals surface area contributed by atoms with Crippen molar-refractivity contribution < 1.29 is 9.21 Å². The Morgan fingerprint density at radius 1 is 1.07 bits per heavy atom. The van der Waals surface area contributed by atoms with E-state index in [1.165, 1.54) is 23.5 Å². The maximum absolute atomic E-state index is 12.0. The fraction of sp³-hybridized carbons (Fsp3) is 0.278. The Labute approximate surface area is 165 Å². The van der Waals surface area contributed by atoms with Gasteiger partial charge in [-0.15, -0.1) is 10.2 Å². The van der Waals surface area contributed by atoms with Gasteiger partial charge in [0.25, 0.3) is 5.22 Å². The molecule has 0 aliphatic heterocycles. The van der Waals surface area contributed by atoms with Crippen LogP contribution in [0.1, 0.15) is 22.8 Å². The molecule has 0 spiro atoms. The van der Waals surface area contributed by atoms with Crippen LogP contribution in [0, 0.1) is 20.8 Å². The number of aromatic nitrogens is 4. The molecule has 0 radical (unpaired) electrons. The number of rotatable bonds is 7. The predicted octanol–water partition coefficient (Wildman–Crippen LogP) is 3.81. The monoisotopic (exact) mass is 401 g/mol. The predicted molar refractivity (Wildman–Crippen MR) is 106 cm³/mol. The van der Waals surface area contributed by atoms with Gasteiger partial charge in [-0.05, 0) is 44.5 Å². The summed E-state index contributed by atoms with van der Waals surface area (Å²) in [5, 5.41) is 11.9. The van der Waals surface area contributed by atoms with Gasteiger partial charge in [0.05, 0.1) is 11.5 Å². The van der Waals surface area contributed by atoms with Crippen LogP contribution in [-0.4, -0.2) is 31.8 Å². The number of nitrogens with zero attached hydrogens (tertiary/aromatic N) is 4. The molecule has 0 saturated carbocycles. The molecule has 0 aliphatic carbocycles. The first-order valence-electron chi connectivity index (χ1n) is 8.25. The smallest absolute Gasteiger partial charge is 0.277 e. The maximum atomic E-state index is 12.0. The summed E-state index contributed by atoms with van der Waals surface area (Å²) in [4.78, 5) is 20.8. The maximum Gasteiger partial charge on any atom is 0.277 e. The number of anilines is 1. The zero-order valence-electron chi connectivity index (χ0n) is 15.2. The normalized spacial score (nSPS) is 10.8. The molecule has 9 heteroatoms. The highest BCUT2D eigenvalue weighted by atomic mass is 32.2. The molecule has 3 aromatic rings. The van der Waals surface area contributed by atoms with Crippen LogP contribution < -0.4 is 5.32 Å². The van der Waals surface area contributed by atoms with Crippen LogP contribution in [0.25, 0.3) is 0 Å².